The van der Waals surface area contributed by atoms with Crippen LogP contribution < -0.4 is 10.6 Å². The quantitative estimate of drug-likeness (QED) is 0.106. The Morgan fingerprint density at radius 2 is 1.00 bits per heavy atom. The third-order valence-electron chi connectivity index (χ3n) is 3.67. The third-order valence-corrected chi connectivity index (χ3v) is 3.67. The number of ether oxygens (including phenoxy) is 2. The van der Waals surface area contributed by atoms with Crippen molar-refractivity contribution in [3.05, 3.63) is 0 Å². The van der Waals surface area contributed by atoms with Crippen molar-refractivity contribution in [2.75, 3.05) is 52.7 Å². The minimum absolute atomic E-state index is 0.0814. The van der Waals surface area contributed by atoms with Crippen LogP contribution in [-0.4, -0.2) is 99.2 Å². The molecule has 26 heavy (non-hydrogen) atoms. The molecule has 0 aromatic rings. The minimum Gasteiger partial charge on any atom is -0.394 e. The first-order chi connectivity index (χ1) is 12.6. The molecule has 0 unspecified atom stereocenters. The molecule has 150 valence electrons. The van der Waals surface area contributed by atoms with E-state index in [1.165, 1.54) is 0 Å². The molecule has 0 aliphatic carbocycles. The average Bonchev–Trinajstić information content (AvgIpc) is 2.68. The predicted molar refractivity (Wildman–Crippen MR) is 90.8 cm³/mol. The van der Waals surface area contributed by atoms with Crippen LogP contribution in [0.1, 0.15) is 12.8 Å². The summed E-state index contributed by atoms with van der Waals surface area (Å²) in [5.74, 6) is 0. The summed E-state index contributed by atoms with van der Waals surface area (Å²) in [4.78, 5) is 45.6. The van der Waals surface area contributed by atoms with E-state index in [1.54, 1.807) is 0 Å². The second-order valence-electron chi connectivity index (χ2n) is 5.58. The zero-order valence-electron chi connectivity index (χ0n) is 14.7. The number of aliphatic hydroxyl groups is 2. The number of rotatable bonds is 19. The first kappa shape index (κ1) is 24.4. The van der Waals surface area contributed by atoms with Gasteiger partial charge in [0, 0.05) is 13.1 Å². The van der Waals surface area contributed by atoms with Gasteiger partial charge in [-0.15, -0.1) is 0 Å². The van der Waals surface area contributed by atoms with Crippen molar-refractivity contribution >= 4 is 25.1 Å². The average molecular weight is 376 g/mol. The number of aldehydes is 4. The van der Waals surface area contributed by atoms with Crippen LogP contribution in [-0.2, 0) is 28.7 Å². The Bertz CT molecular complexity index is 365. The van der Waals surface area contributed by atoms with E-state index in [-0.39, 0.29) is 65.6 Å². The maximum Gasteiger partial charge on any atom is 0.147 e. The van der Waals surface area contributed by atoms with Crippen molar-refractivity contribution in [1.82, 2.24) is 10.6 Å². The van der Waals surface area contributed by atoms with E-state index in [9.17, 15) is 19.2 Å². The molecule has 10 heteroatoms. The molecule has 0 aromatic carbocycles. The molecule has 0 rings (SSSR count). The highest BCUT2D eigenvalue weighted by molar-refractivity contribution is 5.91. The number of aliphatic hydroxyl groups excluding tert-OH is 2. The van der Waals surface area contributed by atoms with Crippen LogP contribution in [0.5, 0.6) is 0 Å². The maximum atomic E-state index is 11.4. The topological polar surface area (TPSA) is 151 Å². The van der Waals surface area contributed by atoms with Crippen LogP contribution in [0.3, 0.4) is 0 Å². The fraction of sp³-hybridized carbons (Fsp3) is 0.750. The lowest BCUT2D eigenvalue weighted by atomic mass is 9.88. The highest BCUT2D eigenvalue weighted by Crippen LogP contribution is 2.15. The second kappa shape index (κ2) is 14.6. The first-order valence-electron chi connectivity index (χ1n) is 8.30. The van der Waals surface area contributed by atoms with Crippen LogP contribution in [0.25, 0.3) is 0 Å². The Kier molecular flexibility index (Phi) is 13.7. The molecule has 4 N–H and O–H groups in total. The molecule has 0 saturated heterocycles. The van der Waals surface area contributed by atoms with Gasteiger partial charge in [0.1, 0.15) is 36.2 Å². The smallest absolute Gasteiger partial charge is 0.147 e. The molecule has 0 saturated carbocycles. The summed E-state index contributed by atoms with van der Waals surface area (Å²) >= 11 is 0. The van der Waals surface area contributed by atoms with Gasteiger partial charge < -0.3 is 38.9 Å². The standard InChI is InChI=1S/C16H28N2O8/c19-5-9-25-7-3-17-15(11-21,12-22)1-2-16(13-23,14-24)18-4-8-26-10-6-20/h11-14,17-20H,1-10H2. The van der Waals surface area contributed by atoms with E-state index in [0.717, 1.165) is 0 Å². The summed E-state index contributed by atoms with van der Waals surface area (Å²) in [6.07, 6.45) is 1.55. The summed E-state index contributed by atoms with van der Waals surface area (Å²) in [7, 11) is 0. The lowest BCUT2D eigenvalue weighted by Crippen LogP contribution is -2.55. The number of hydrogen-bond acceptors (Lipinski definition) is 10. The largest absolute Gasteiger partial charge is 0.394 e. The Morgan fingerprint density at radius 3 is 1.27 bits per heavy atom. The highest BCUT2D eigenvalue weighted by Gasteiger charge is 2.35. The van der Waals surface area contributed by atoms with Crippen molar-refractivity contribution in [1.29, 1.82) is 0 Å². The molecular weight excluding hydrogens is 348 g/mol. The van der Waals surface area contributed by atoms with E-state index >= 15 is 0 Å². The summed E-state index contributed by atoms with van der Waals surface area (Å²) < 4.78 is 10.1. The molecule has 0 radical (unpaired) electrons. The Hall–Kier alpha value is -1.56. The summed E-state index contributed by atoms with van der Waals surface area (Å²) in [5.41, 5.74) is -3.09. The normalized spacial score (nSPS) is 11.9. The van der Waals surface area contributed by atoms with Crippen LogP contribution in [0.15, 0.2) is 0 Å². The van der Waals surface area contributed by atoms with Crippen molar-refractivity contribution in [2.45, 2.75) is 23.9 Å². The lowest BCUT2D eigenvalue weighted by molar-refractivity contribution is -0.127. The third kappa shape index (κ3) is 9.22. The van der Waals surface area contributed by atoms with Crippen molar-refractivity contribution in [3.8, 4) is 0 Å². The van der Waals surface area contributed by atoms with Crippen LogP contribution >= 0.6 is 0 Å². The van der Waals surface area contributed by atoms with Gasteiger partial charge in [0.25, 0.3) is 0 Å². The molecule has 0 aliphatic heterocycles. The van der Waals surface area contributed by atoms with Crippen LogP contribution in [0.2, 0.25) is 0 Å². The monoisotopic (exact) mass is 376 g/mol. The molecule has 0 bridgehead atoms. The number of carbonyl (C=O) groups is 4. The van der Waals surface area contributed by atoms with Gasteiger partial charge in [-0.1, -0.05) is 0 Å². The maximum absolute atomic E-state index is 11.4. The zero-order valence-corrected chi connectivity index (χ0v) is 14.7. The summed E-state index contributed by atoms with van der Waals surface area (Å²) in [6, 6.07) is 0. The highest BCUT2D eigenvalue weighted by atomic mass is 16.5. The molecule has 0 aliphatic rings. The second-order valence-corrected chi connectivity index (χ2v) is 5.58. The van der Waals surface area contributed by atoms with Gasteiger partial charge in [0.15, 0.2) is 0 Å². The zero-order chi connectivity index (χ0) is 19.7. The molecule has 0 heterocycles. The van der Waals surface area contributed by atoms with Gasteiger partial charge in [-0.3, -0.25) is 10.6 Å². The fourth-order valence-corrected chi connectivity index (χ4v) is 2.09. The molecule has 10 nitrogen and oxygen atoms in total. The molecule has 0 amide bonds. The van der Waals surface area contributed by atoms with Crippen molar-refractivity contribution in [3.63, 3.8) is 0 Å². The Labute approximate surface area is 152 Å². The van der Waals surface area contributed by atoms with E-state index in [4.69, 9.17) is 19.7 Å². The number of hydrogen-bond donors (Lipinski definition) is 4. The van der Waals surface area contributed by atoms with Gasteiger partial charge in [0.2, 0.25) is 0 Å². The SMILES string of the molecule is O=CC(C=O)(CCC(C=O)(C=O)NCCOCCO)NCCOCCO. The molecular formula is C16H28N2O8. The van der Waals surface area contributed by atoms with Gasteiger partial charge in [-0.2, -0.15) is 0 Å². The number of nitrogens with one attached hydrogen (secondary N) is 2. The Balaban J connectivity index is 4.65. The van der Waals surface area contributed by atoms with Crippen LogP contribution in [0, 0.1) is 0 Å². The summed E-state index contributed by atoms with van der Waals surface area (Å²) in [6.45, 7) is 0.706. The Morgan fingerprint density at radius 1 is 0.654 bits per heavy atom. The van der Waals surface area contributed by atoms with Gasteiger partial charge in [-0.25, -0.2) is 0 Å². The molecule has 0 atom stereocenters. The summed E-state index contributed by atoms with van der Waals surface area (Å²) in [5, 5.41) is 22.7. The number of carbonyl (C=O) groups excluding carboxylic acids is 4. The molecule has 0 spiro atoms. The van der Waals surface area contributed by atoms with Crippen molar-refractivity contribution in [2.24, 2.45) is 0 Å². The van der Waals surface area contributed by atoms with Crippen molar-refractivity contribution < 1.29 is 38.9 Å². The van der Waals surface area contributed by atoms with Gasteiger partial charge in [0.05, 0.1) is 39.6 Å². The van der Waals surface area contributed by atoms with Crippen LogP contribution in [0.4, 0.5) is 0 Å². The minimum atomic E-state index is -1.55. The first-order valence-corrected chi connectivity index (χ1v) is 8.30. The molecule has 0 fully saturated rings. The molecule has 0 aromatic heterocycles. The van der Waals surface area contributed by atoms with E-state index < -0.39 is 11.1 Å². The van der Waals surface area contributed by atoms with Gasteiger partial charge in [-0.05, 0) is 12.8 Å². The van der Waals surface area contributed by atoms with Gasteiger partial charge >= 0.3 is 0 Å². The lowest BCUT2D eigenvalue weighted by Gasteiger charge is -2.29. The van der Waals surface area contributed by atoms with E-state index in [0.29, 0.717) is 25.1 Å². The predicted octanol–water partition coefficient (Wildman–Crippen LogP) is -2.76. The van der Waals surface area contributed by atoms with E-state index in [2.05, 4.69) is 10.6 Å². The fourth-order valence-electron chi connectivity index (χ4n) is 2.09. The van der Waals surface area contributed by atoms with E-state index in [1.807, 2.05) is 0 Å².